The summed E-state index contributed by atoms with van der Waals surface area (Å²) < 4.78 is 0. The topological polar surface area (TPSA) is 65.5 Å². The fourth-order valence-electron chi connectivity index (χ4n) is 1.91. The zero-order valence-corrected chi connectivity index (χ0v) is 12.4. The van der Waals surface area contributed by atoms with E-state index in [2.05, 4.69) is 17.2 Å². The molecule has 0 aliphatic heterocycles. The third-order valence-corrected chi connectivity index (χ3v) is 3.08. The lowest BCUT2D eigenvalue weighted by Gasteiger charge is -2.18. The SMILES string of the molecule is CCCNc1ncccc1C(=O)N(C)CCCCCO. The van der Waals surface area contributed by atoms with Crippen molar-refractivity contribution in [3.05, 3.63) is 23.9 Å². The van der Waals surface area contributed by atoms with Gasteiger partial charge in [-0.1, -0.05) is 6.92 Å². The molecule has 1 amide bonds. The Hall–Kier alpha value is -1.62. The van der Waals surface area contributed by atoms with Crippen LogP contribution in [0, 0.1) is 0 Å². The largest absolute Gasteiger partial charge is 0.396 e. The molecule has 1 aromatic heterocycles. The zero-order valence-electron chi connectivity index (χ0n) is 12.4. The molecule has 0 aromatic carbocycles. The summed E-state index contributed by atoms with van der Waals surface area (Å²) in [6, 6.07) is 3.58. The zero-order chi connectivity index (χ0) is 14.8. The maximum atomic E-state index is 12.4. The predicted molar refractivity (Wildman–Crippen MR) is 80.9 cm³/mol. The number of aliphatic hydroxyl groups excluding tert-OH is 1. The molecule has 5 nitrogen and oxygen atoms in total. The molecule has 1 rings (SSSR count). The van der Waals surface area contributed by atoms with E-state index in [-0.39, 0.29) is 12.5 Å². The molecule has 0 saturated carbocycles. The highest BCUT2D eigenvalue weighted by Gasteiger charge is 2.15. The fourth-order valence-corrected chi connectivity index (χ4v) is 1.91. The normalized spacial score (nSPS) is 10.3. The van der Waals surface area contributed by atoms with Crippen LogP contribution in [0.3, 0.4) is 0 Å². The molecule has 0 bridgehead atoms. The van der Waals surface area contributed by atoms with Gasteiger partial charge in [0.2, 0.25) is 0 Å². The first-order valence-corrected chi connectivity index (χ1v) is 7.26. The highest BCUT2D eigenvalue weighted by atomic mass is 16.2. The van der Waals surface area contributed by atoms with Crippen molar-refractivity contribution in [2.45, 2.75) is 32.6 Å². The highest BCUT2D eigenvalue weighted by Crippen LogP contribution is 2.14. The average Bonchev–Trinajstić information content (AvgIpc) is 2.49. The van der Waals surface area contributed by atoms with Crippen LogP contribution in [0.4, 0.5) is 5.82 Å². The molecule has 112 valence electrons. The molecule has 0 aliphatic carbocycles. The third-order valence-electron chi connectivity index (χ3n) is 3.08. The summed E-state index contributed by atoms with van der Waals surface area (Å²) >= 11 is 0. The molecule has 0 spiro atoms. The van der Waals surface area contributed by atoms with Crippen LogP contribution in [0.25, 0.3) is 0 Å². The van der Waals surface area contributed by atoms with Crippen molar-refractivity contribution in [3.63, 3.8) is 0 Å². The van der Waals surface area contributed by atoms with E-state index in [0.29, 0.717) is 17.9 Å². The van der Waals surface area contributed by atoms with Gasteiger partial charge in [-0.25, -0.2) is 4.98 Å². The number of amides is 1. The van der Waals surface area contributed by atoms with Crippen molar-refractivity contribution in [1.29, 1.82) is 0 Å². The Kier molecular flexibility index (Phi) is 7.65. The summed E-state index contributed by atoms with van der Waals surface area (Å²) in [6.45, 7) is 3.79. The molecule has 0 aliphatic rings. The maximum absolute atomic E-state index is 12.4. The Morgan fingerprint density at radius 3 is 2.90 bits per heavy atom. The van der Waals surface area contributed by atoms with Gasteiger partial charge in [-0.3, -0.25) is 4.79 Å². The van der Waals surface area contributed by atoms with E-state index in [4.69, 9.17) is 5.11 Å². The van der Waals surface area contributed by atoms with Gasteiger partial charge in [0.25, 0.3) is 5.91 Å². The van der Waals surface area contributed by atoms with Crippen molar-refractivity contribution in [3.8, 4) is 0 Å². The molecular formula is C15H25N3O2. The number of carbonyl (C=O) groups is 1. The number of hydrogen-bond donors (Lipinski definition) is 2. The first-order chi connectivity index (χ1) is 9.70. The second kappa shape index (κ2) is 9.31. The Morgan fingerprint density at radius 1 is 1.40 bits per heavy atom. The monoisotopic (exact) mass is 279 g/mol. The average molecular weight is 279 g/mol. The van der Waals surface area contributed by atoms with Crippen molar-refractivity contribution in [2.24, 2.45) is 0 Å². The lowest BCUT2D eigenvalue weighted by Crippen LogP contribution is -2.28. The lowest BCUT2D eigenvalue weighted by molar-refractivity contribution is 0.0792. The van der Waals surface area contributed by atoms with Gasteiger partial charge in [0.05, 0.1) is 5.56 Å². The Morgan fingerprint density at radius 2 is 2.20 bits per heavy atom. The van der Waals surface area contributed by atoms with Gasteiger partial charge in [-0.2, -0.15) is 0 Å². The minimum Gasteiger partial charge on any atom is -0.396 e. The van der Waals surface area contributed by atoms with Gasteiger partial charge in [0.15, 0.2) is 0 Å². The molecule has 5 heteroatoms. The molecule has 0 unspecified atom stereocenters. The number of pyridine rings is 1. The number of aliphatic hydroxyl groups is 1. The minimum absolute atomic E-state index is 0.0132. The van der Waals surface area contributed by atoms with E-state index in [1.165, 1.54) is 0 Å². The van der Waals surface area contributed by atoms with Gasteiger partial charge in [0, 0.05) is 32.9 Å². The summed E-state index contributed by atoms with van der Waals surface area (Å²) in [5, 5.41) is 11.9. The number of nitrogens with one attached hydrogen (secondary N) is 1. The molecule has 1 heterocycles. The van der Waals surface area contributed by atoms with Crippen LogP contribution in [-0.2, 0) is 0 Å². The number of aromatic nitrogens is 1. The first kappa shape index (κ1) is 16.4. The predicted octanol–water partition coefficient (Wildman–Crippen LogP) is 2.14. The second-order valence-corrected chi connectivity index (χ2v) is 4.84. The maximum Gasteiger partial charge on any atom is 0.257 e. The van der Waals surface area contributed by atoms with Crippen LogP contribution in [0.5, 0.6) is 0 Å². The molecule has 0 fully saturated rings. The number of carbonyl (C=O) groups excluding carboxylic acids is 1. The smallest absolute Gasteiger partial charge is 0.257 e. The van der Waals surface area contributed by atoms with Gasteiger partial charge >= 0.3 is 0 Å². The number of hydrogen-bond acceptors (Lipinski definition) is 4. The van der Waals surface area contributed by atoms with Crippen molar-refractivity contribution in [1.82, 2.24) is 9.88 Å². The lowest BCUT2D eigenvalue weighted by atomic mass is 10.2. The molecule has 0 atom stereocenters. The third kappa shape index (κ3) is 5.17. The minimum atomic E-state index is -0.0132. The van der Waals surface area contributed by atoms with Crippen LogP contribution in [-0.4, -0.2) is 47.6 Å². The number of nitrogens with zero attached hydrogens (tertiary/aromatic N) is 2. The molecule has 0 saturated heterocycles. The second-order valence-electron chi connectivity index (χ2n) is 4.84. The summed E-state index contributed by atoms with van der Waals surface area (Å²) in [5.41, 5.74) is 0.616. The van der Waals surface area contributed by atoms with Crippen molar-refractivity contribution >= 4 is 11.7 Å². The van der Waals surface area contributed by atoms with E-state index < -0.39 is 0 Å². The van der Waals surface area contributed by atoms with Gasteiger partial charge in [-0.05, 0) is 37.8 Å². The molecule has 20 heavy (non-hydrogen) atoms. The van der Waals surface area contributed by atoms with Crippen LogP contribution >= 0.6 is 0 Å². The van der Waals surface area contributed by atoms with E-state index >= 15 is 0 Å². The Labute approximate surface area is 121 Å². The summed E-state index contributed by atoms with van der Waals surface area (Å²) in [6.07, 6.45) is 5.30. The van der Waals surface area contributed by atoms with Crippen LogP contribution in [0.15, 0.2) is 18.3 Å². The van der Waals surface area contributed by atoms with Crippen LogP contribution < -0.4 is 5.32 Å². The summed E-state index contributed by atoms with van der Waals surface area (Å²) in [4.78, 5) is 18.3. The highest BCUT2D eigenvalue weighted by molar-refractivity contribution is 5.98. The fraction of sp³-hybridized carbons (Fsp3) is 0.600. The summed E-state index contributed by atoms with van der Waals surface area (Å²) in [7, 11) is 1.80. The van der Waals surface area contributed by atoms with Gasteiger partial charge in [-0.15, -0.1) is 0 Å². The van der Waals surface area contributed by atoms with Gasteiger partial charge in [0.1, 0.15) is 5.82 Å². The molecule has 1 aromatic rings. The molecular weight excluding hydrogens is 254 g/mol. The number of anilines is 1. The van der Waals surface area contributed by atoms with E-state index in [1.807, 2.05) is 0 Å². The molecule has 0 radical (unpaired) electrons. The van der Waals surface area contributed by atoms with Crippen molar-refractivity contribution in [2.75, 3.05) is 32.1 Å². The van der Waals surface area contributed by atoms with Gasteiger partial charge < -0.3 is 15.3 Å². The van der Waals surface area contributed by atoms with E-state index in [1.54, 1.807) is 30.3 Å². The standard InChI is InChI=1S/C15H25N3O2/c1-3-9-16-14-13(8-7-10-17-14)15(20)18(2)11-5-4-6-12-19/h7-8,10,19H,3-6,9,11-12H2,1-2H3,(H,16,17). The molecule has 2 N–H and O–H groups in total. The summed E-state index contributed by atoms with van der Waals surface area (Å²) in [5.74, 6) is 0.641. The number of rotatable bonds is 9. The Bertz CT molecular complexity index is 410. The number of unbranched alkanes of at least 4 members (excludes halogenated alkanes) is 2. The van der Waals surface area contributed by atoms with E-state index in [9.17, 15) is 4.79 Å². The van der Waals surface area contributed by atoms with Crippen molar-refractivity contribution < 1.29 is 9.90 Å². The van der Waals surface area contributed by atoms with Crippen LogP contribution in [0.2, 0.25) is 0 Å². The van der Waals surface area contributed by atoms with E-state index in [0.717, 1.165) is 32.2 Å². The van der Waals surface area contributed by atoms with Crippen LogP contribution in [0.1, 0.15) is 43.0 Å². The first-order valence-electron chi connectivity index (χ1n) is 7.26. The quantitative estimate of drug-likeness (QED) is 0.680. The Balaban J connectivity index is 2.61.